The Morgan fingerprint density at radius 3 is 2.92 bits per heavy atom. The molecule has 2 atom stereocenters. The molecule has 1 nitrogen and oxygen atoms in total. The van der Waals surface area contributed by atoms with Gasteiger partial charge in [-0.25, -0.2) is 0 Å². The summed E-state index contributed by atoms with van der Waals surface area (Å²) >= 11 is 5.88. The molecule has 0 aromatic rings. The van der Waals surface area contributed by atoms with Gasteiger partial charge in [-0.1, -0.05) is 13.0 Å². The number of allylic oxidation sites excluding steroid dienone is 1. The van der Waals surface area contributed by atoms with E-state index in [1.165, 1.54) is 6.42 Å². The first-order chi connectivity index (χ1) is 5.70. The lowest BCUT2D eigenvalue weighted by Gasteiger charge is -2.25. The van der Waals surface area contributed by atoms with E-state index in [-0.39, 0.29) is 5.41 Å². The number of alkyl halides is 1. The molecule has 0 amide bonds. The molecule has 0 aliphatic carbocycles. The Balaban J connectivity index is 2.40. The molecule has 2 unspecified atom stereocenters. The molecule has 70 valence electrons. The van der Waals surface area contributed by atoms with Crippen molar-refractivity contribution < 1.29 is 4.74 Å². The predicted molar refractivity (Wildman–Crippen MR) is 52.6 cm³/mol. The largest absolute Gasteiger partial charge is 0.381 e. The maximum Gasteiger partial charge on any atom is 0.0495 e. The molecule has 0 saturated carbocycles. The smallest absolute Gasteiger partial charge is 0.0495 e. The number of halogens is 1. The third-order valence-electron chi connectivity index (χ3n) is 2.58. The fourth-order valence-corrected chi connectivity index (χ4v) is 1.81. The van der Waals surface area contributed by atoms with Gasteiger partial charge in [-0.15, -0.1) is 18.2 Å². The Bertz CT molecular complexity index is 152. The van der Waals surface area contributed by atoms with Gasteiger partial charge in [0.25, 0.3) is 0 Å². The Labute approximate surface area is 79.7 Å². The maximum absolute atomic E-state index is 5.88. The lowest BCUT2D eigenvalue weighted by Crippen LogP contribution is -2.20. The van der Waals surface area contributed by atoms with Gasteiger partial charge in [0, 0.05) is 19.1 Å². The molecule has 1 fully saturated rings. The van der Waals surface area contributed by atoms with Gasteiger partial charge < -0.3 is 4.74 Å². The summed E-state index contributed by atoms with van der Waals surface area (Å²) in [5.74, 6) is 1.35. The highest BCUT2D eigenvalue weighted by Gasteiger charge is 2.26. The Kier molecular flexibility index (Phi) is 3.60. The van der Waals surface area contributed by atoms with Gasteiger partial charge in [-0.2, -0.15) is 0 Å². The van der Waals surface area contributed by atoms with Gasteiger partial charge in [0.1, 0.15) is 0 Å². The molecular formula is C10H17ClO. The second-order valence-electron chi connectivity index (χ2n) is 3.93. The van der Waals surface area contributed by atoms with E-state index in [0.717, 1.165) is 19.6 Å². The first kappa shape index (κ1) is 10.1. The van der Waals surface area contributed by atoms with Crippen LogP contribution in [-0.4, -0.2) is 19.1 Å². The molecule has 0 radical (unpaired) electrons. The highest BCUT2D eigenvalue weighted by atomic mass is 35.5. The van der Waals surface area contributed by atoms with Crippen LogP contribution < -0.4 is 0 Å². The van der Waals surface area contributed by atoms with Crippen LogP contribution in [-0.2, 0) is 4.74 Å². The van der Waals surface area contributed by atoms with Gasteiger partial charge in [0.15, 0.2) is 0 Å². The van der Waals surface area contributed by atoms with Gasteiger partial charge in [0.2, 0.25) is 0 Å². The van der Waals surface area contributed by atoms with Gasteiger partial charge >= 0.3 is 0 Å². The molecule has 0 spiro atoms. The normalized spacial score (nSPS) is 28.3. The van der Waals surface area contributed by atoms with E-state index in [9.17, 15) is 0 Å². The predicted octanol–water partition coefficient (Wildman–Crippen LogP) is 2.84. The van der Waals surface area contributed by atoms with Crippen molar-refractivity contribution in [1.29, 1.82) is 0 Å². The third-order valence-corrected chi connectivity index (χ3v) is 3.19. The second-order valence-corrected chi connectivity index (χ2v) is 4.19. The van der Waals surface area contributed by atoms with Gasteiger partial charge in [-0.3, -0.25) is 0 Å². The zero-order valence-corrected chi connectivity index (χ0v) is 8.44. The molecule has 1 aliphatic rings. The van der Waals surface area contributed by atoms with E-state index >= 15 is 0 Å². The van der Waals surface area contributed by atoms with Crippen LogP contribution in [0, 0.1) is 11.3 Å². The van der Waals surface area contributed by atoms with Crippen LogP contribution in [0.15, 0.2) is 12.7 Å². The molecule has 0 aromatic carbocycles. The molecule has 0 bridgehead atoms. The standard InChI is InChI=1S/C10H17ClO/c1-3-10(2,8-11)6-9-4-5-12-7-9/h3,9H,1,4-8H2,2H3. The Morgan fingerprint density at radius 1 is 1.75 bits per heavy atom. The fourth-order valence-electron chi connectivity index (χ4n) is 1.60. The fraction of sp³-hybridized carbons (Fsp3) is 0.800. The van der Waals surface area contributed by atoms with Crippen molar-refractivity contribution in [2.45, 2.75) is 19.8 Å². The number of ether oxygens (including phenoxy) is 1. The van der Waals surface area contributed by atoms with Crippen LogP contribution >= 0.6 is 11.6 Å². The van der Waals surface area contributed by atoms with Crippen molar-refractivity contribution in [3.05, 3.63) is 12.7 Å². The zero-order valence-electron chi connectivity index (χ0n) is 7.68. The number of rotatable bonds is 4. The highest BCUT2D eigenvalue weighted by molar-refractivity contribution is 6.18. The van der Waals surface area contributed by atoms with Gasteiger partial charge in [-0.05, 0) is 24.2 Å². The van der Waals surface area contributed by atoms with Crippen molar-refractivity contribution in [3.8, 4) is 0 Å². The minimum Gasteiger partial charge on any atom is -0.381 e. The molecule has 12 heavy (non-hydrogen) atoms. The molecule has 1 rings (SSSR count). The van der Waals surface area contributed by atoms with E-state index in [1.54, 1.807) is 0 Å². The lowest BCUT2D eigenvalue weighted by atomic mass is 9.82. The molecule has 2 heteroatoms. The average molecular weight is 189 g/mol. The van der Waals surface area contributed by atoms with E-state index in [4.69, 9.17) is 16.3 Å². The minimum atomic E-state index is 0.0971. The van der Waals surface area contributed by atoms with Crippen molar-refractivity contribution in [2.24, 2.45) is 11.3 Å². The summed E-state index contributed by atoms with van der Waals surface area (Å²) in [6, 6.07) is 0. The average Bonchev–Trinajstić information content (AvgIpc) is 2.57. The van der Waals surface area contributed by atoms with Crippen molar-refractivity contribution in [3.63, 3.8) is 0 Å². The highest BCUT2D eigenvalue weighted by Crippen LogP contribution is 2.32. The Morgan fingerprint density at radius 2 is 2.50 bits per heavy atom. The van der Waals surface area contributed by atoms with E-state index in [2.05, 4.69) is 13.5 Å². The van der Waals surface area contributed by atoms with Crippen LogP contribution in [0.1, 0.15) is 19.8 Å². The first-order valence-electron chi connectivity index (χ1n) is 4.47. The summed E-state index contributed by atoms with van der Waals surface area (Å²) < 4.78 is 5.31. The molecule has 0 N–H and O–H groups in total. The van der Waals surface area contributed by atoms with E-state index in [0.29, 0.717) is 11.8 Å². The SMILES string of the molecule is C=CC(C)(CCl)CC1CCOC1. The monoisotopic (exact) mass is 188 g/mol. The molecular weight excluding hydrogens is 172 g/mol. The van der Waals surface area contributed by atoms with Crippen LogP contribution in [0.3, 0.4) is 0 Å². The van der Waals surface area contributed by atoms with Gasteiger partial charge in [0.05, 0.1) is 0 Å². The summed E-state index contributed by atoms with van der Waals surface area (Å²) in [4.78, 5) is 0. The number of hydrogen-bond acceptors (Lipinski definition) is 1. The van der Waals surface area contributed by atoms with Crippen LogP contribution in [0.5, 0.6) is 0 Å². The third kappa shape index (κ3) is 2.49. The molecule has 1 aliphatic heterocycles. The van der Waals surface area contributed by atoms with Crippen LogP contribution in [0.2, 0.25) is 0 Å². The maximum atomic E-state index is 5.88. The van der Waals surface area contributed by atoms with Crippen molar-refractivity contribution in [2.75, 3.05) is 19.1 Å². The summed E-state index contributed by atoms with van der Waals surface area (Å²) in [6.45, 7) is 7.80. The van der Waals surface area contributed by atoms with Crippen molar-refractivity contribution >= 4 is 11.6 Å². The van der Waals surface area contributed by atoms with E-state index < -0.39 is 0 Å². The molecule has 1 saturated heterocycles. The van der Waals surface area contributed by atoms with E-state index in [1.807, 2.05) is 6.08 Å². The lowest BCUT2D eigenvalue weighted by molar-refractivity contribution is 0.177. The summed E-state index contributed by atoms with van der Waals surface area (Å²) in [6.07, 6.45) is 4.26. The summed E-state index contributed by atoms with van der Waals surface area (Å²) in [5.41, 5.74) is 0.0971. The van der Waals surface area contributed by atoms with Crippen molar-refractivity contribution in [1.82, 2.24) is 0 Å². The van der Waals surface area contributed by atoms with Crippen LogP contribution in [0.25, 0.3) is 0 Å². The quantitative estimate of drug-likeness (QED) is 0.487. The second kappa shape index (κ2) is 4.29. The first-order valence-corrected chi connectivity index (χ1v) is 5.01. The summed E-state index contributed by atoms with van der Waals surface area (Å²) in [7, 11) is 0. The number of hydrogen-bond donors (Lipinski definition) is 0. The molecule has 0 aromatic heterocycles. The zero-order chi connectivity index (χ0) is 9.03. The Hall–Kier alpha value is -0.0100. The topological polar surface area (TPSA) is 9.23 Å². The summed E-state index contributed by atoms with van der Waals surface area (Å²) in [5, 5.41) is 0. The molecule has 1 heterocycles. The minimum absolute atomic E-state index is 0.0971. The van der Waals surface area contributed by atoms with Crippen LogP contribution in [0.4, 0.5) is 0 Å².